The number of nitrogens with one attached hydrogen (secondary N) is 2. The number of aromatic nitrogens is 1. The van der Waals surface area contributed by atoms with Crippen LogP contribution in [0.15, 0.2) is 71.7 Å². The summed E-state index contributed by atoms with van der Waals surface area (Å²) < 4.78 is 1.33. The zero-order valence-electron chi connectivity index (χ0n) is 15.8. The molecule has 0 aliphatic heterocycles. The van der Waals surface area contributed by atoms with Crippen molar-refractivity contribution in [2.24, 2.45) is 0 Å². The van der Waals surface area contributed by atoms with E-state index in [4.69, 9.17) is 11.6 Å². The highest BCUT2D eigenvalue weighted by molar-refractivity contribution is 6.30. The molecule has 0 unspecified atom stereocenters. The van der Waals surface area contributed by atoms with Crippen molar-refractivity contribution >= 4 is 29.1 Å². The maximum Gasteiger partial charge on any atom is 0.251 e. The summed E-state index contributed by atoms with van der Waals surface area (Å²) in [6.45, 7) is 2.13. The molecule has 3 rings (SSSR count). The summed E-state index contributed by atoms with van der Waals surface area (Å²) in [5.74, 6) is -0.542. The molecule has 2 amide bonds. The molecule has 2 N–H and O–H groups in total. The number of rotatable bonds is 6. The Hall–Kier alpha value is -3.38. The van der Waals surface area contributed by atoms with E-state index in [2.05, 4.69) is 10.6 Å². The summed E-state index contributed by atoms with van der Waals surface area (Å²) in [5.41, 5.74) is 2.58. The molecule has 0 atom stereocenters. The van der Waals surface area contributed by atoms with Gasteiger partial charge in [0.25, 0.3) is 11.5 Å². The van der Waals surface area contributed by atoms with Gasteiger partial charge in [0.05, 0.1) is 0 Å². The fraction of sp³-hybridized carbons (Fsp3) is 0.136. The number of hydrogen-bond donors (Lipinski definition) is 2. The zero-order chi connectivity index (χ0) is 20.8. The maximum atomic E-state index is 12.3. The number of carbonyl (C=O) groups is 2. The number of aryl methyl sites for hydroxylation is 1. The average Bonchev–Trinajstić information content (AvgIpc) is 2.70. The normalized spacial score (nSPS) is 10.4. The van der Waals surface area contributed by atoms with E-state index in [1.54, 1.807) is 48.7 Å². The van der Waals surface area contributed by atoms with Gasteiger partial charge in [0, 0.05) is 35.1 Å². The Bertz CT molecular complexity index is 1070. The number of halogens is 1. The molecule has 1 aromatic heterocycles. The van der Waals surface area contributed by atoms with Crippen LogP contribution in [0.25, 0.3) is 0 Å². The van der Waals surface area contributed by atoms with Crippen LogP contribution < -0.4 is 16.2 Å². The molecular weight excluding hydrogens is 390 g/mol. The molecule has 0 spiro atoms. The van der Waals surface area contributed by atoms with Gasteiger partial charge in [0.15, 0.2) is 0 Å². The van der Waals surface area contributed by atoms with Gasteiger partial charge in [0.1, 0.15) is 6.54 Å². The summed E-state index contributed by atoms with van der Waals surface area (Å²) in [6.07, 6.45) is 1.59. The highest BCUT2D eigenvalue weighted by Gasteiger charge is 2.08. The minimum absolute atomic E-state index is 0.0809. The standard InChI is InChI=1S/C22H20ClN3O3/c1-15-10-11-26(21(28)12-15)14-20(27)25-19-8-4-17(5-9-19)22(29)24-13-16-2-6-18(23)7-3-16/h2-12H,13-14H2,1H3,(H,24,29)(H,25,27). The van der Waals surface area contributed by atoms with Crippen molar-refractivity contribution in [2.75, 3.05) is 5.32 Å². The highest BCUT2D eigenvalue weighted by Crippen LogP contribution is 2.11. The Kier molecular flexibility index (Phi) is 6.46. The molecule has 0 saturated carbocycles. The first kappa shape index (κ1) is 20.4. The zero-order valence-corrected chi connectivity index (χ0v) is 16.6. The smallest absolute Gasteiger partial charge is 0.251 e. The number of carbonyl (C=O) groups excluding carboxylic acids is 2. The summed E-state index contributed by atoms with van der Waals surface area (Å²) in [5, 5.41) is 6.19. The molecule has 0 aliphatic rings. The molecule has 3 aromatic rings. The van der Waals surface area contributed by atoms with Crippen LogP contribution in [0.1, 0.15) is 21.5 Å². The number of pyridine rings is 1. The molecule has 0 bridgehead atoms. The quantitative estimate of drug-likeness (QED) is 0.655. The van der Waals surface area contributed by atoms with Gasteiger partial charge in [-0.2, -0.15) is 0 Å². The second kappa shape index (κ2) is 9.21. The van der Waals surface area contributed by atoms with Gasteiger partial charge in [-0.1, -0.05) is 23.7 Å². The average molecular weight is 410 g/mol. The van der Waals surface area contributed by atoms with E-state index in [0.29, 0.717) is 22.8 Å². The second-order valence-electron chi connectivity index (χ2n) is 6.60. The SMILES string of the molecule is Cc1ccn(CC(=O)Nc2ccc(C(=O)NCc3ccc(Cl)cc3)cc2)c(=O)c1. The highest BCUT2D eigenvalue weighted by atomic mass is 35.5. The Morgan fingerprint density at radius 1 is 1.00 bits per heavy atom. The van der Waals surface area contributed by atoms with E-state index >= 15 is 0 Å². The topological polar surface area (TPSA) is 80.2 Å². The lowest BCUT2D eigenvalue weighted by atomic mass is 10.1. The molecule has 29 heavy (non-hydrogen) atoms. The molecule has 148 valence electrons. The van der Waals surface area contributed by atoms with Crippen LogP contribution in [-0.4, -0.2) is 16.4 Å². The fourth-order valence-electron chi connectivity index (χ4n) is 2.68. The van der Waals surface area contributed by atoms with Crippen LogP contribution in [-0.2, 0) is 17.9 Å². The molecule has 0 radical (unpaired) electrons. The van der Waals surface area contributed by atoms with Gasteiger partial charge in [-0.15, -0.1) is 0 Å². The molecule has 7 heteroatoms. The third-order valence-corrected chi connectivity index (χ3v) is 4.51. The second-order valence-corrected chi connectivity index (χ2v) is 7.04. The maximum absolute atomic E-state index is 12.3. The lowest BCUT2D eigenvalue weighted by Gasteiger charge is -2.09. The first-order valence-electron chi connectivity index (χ1n) is 9.00. The van der Waals surface area contributed by atoms with Crippen molar-refractivity contribution in [3.05, 3.63) is 98.9 Å². The summed E-state index contributed by atoms with van der Waals surface area (Å²) in [7, 11) is 0. The van der Waals surface area contributed by atoms with Crippen molar-refractivity contribution in [1.29, 1.82) is 0 Å². The number of anilines is 1. The van der Waals surface area contributed by atoms with Crippen LogP contribution in [0, 0.1) is 6.92 Å². The van der Waals surface area contributed by atoms with Crippen molar-refractivity contribution in [3.8, 4) is 0 Å². The monoisotopic (exact) mass is 409 g/mol. The Morgan fingerprint density at radius 3 is 2.34 bits per heavy atom. The minimum Gasteiger partial charge on any atom is -0.348 e. The van der Waals surface area contributed by atoms with Crippen LogP contribution in [0.4, 0.5) is 5.69 Å². The van der Waals surface area contributed by atoms with E-state index in [0.717, 1.165) is 11.1 Å². The third-order valence-electron chi connectivity index (χ3n) is 4.26. The summed E-state index contributed by atoms with van der Waals surface area (Å²) in [4.78, 5) is 36.3. The first-order valence-corrected chi connectivity index (χ1v) is 9.38. The van der Waals surface area contributed by atoms with Crippen molar-refractivity contribution < 1.29 is 9.59 Å². The van der Waals surface area contributed by atoms with E-state index in [-0.39, 0.29) is 23.9 Å². The third kappa shape index (κ3) is 5.80. The Balaban J connectivity index is 1.54. The molecule has 0 saturated heterocycles. The molecule has 2 aromatic carbocycles. The molecule has 0 aliphatic carbocycles. The minimum atomic E-state index is -0.323. The van der Waals surface area contributed by atoms with Gasteiger partial charge in [0.2, 0.25) is 5.91 Å². The Morgan fingerprint density at radius 2 is 1.69 bits per heavy atom. The van der Waals surface area contributed by atoms with E-state index in [9.17, 15) is 14.4 Å². The predicted molar refractivity (Wildman–Crippen MR) is 113 cm³/mol. The van der Waals surface area contributed by atoms with E-state index in [1.807, 2.05) is 19.1 Å². The lowest BCUT2D eigenvalue weighted by molar-refractivity contribution is -0.116. The number of hydrogen-bond acceptors (Lipinski definition) is 3. The molecule has 6 nitrogen and oxygen atoms in total. The summed E-state index contributed by atoms with van der Waals surface area (Å²) >= 11 is 5.85. The van der Waals surface area contributed by atoms with Gasteiger partial charge >= 0.3 is 0 Å². The van der Waals surface area contributed by atoms with Gasteiger partial charge in [-0.3, -0.25) is 14.4 Å². The molecular formula is C22H20ClN3O3. The largest absolute Gasteiger partial charge is 0.348 e. The number of amides is 2. The van der Waals surface area contributed by atoms with Crippen molar-refractivity contribution in [1.82, 2.24) is 9.88 Å². The van der Waals surface area contributed by atoms with Crippen molar-refractivity contribution in [3.63, 3.8) is 0 Å². The van der Waals surface area contributed by atoms with Crippen LogP contribution in [0.3, 0.4) is 0 Å². The molecule has 0 fully saturated rings. The first-order chi connectivity index (χ1) is 13.9. The van der Waals surface area contributed by atoms with Crippen LogP contribution in [0.2, 0.25) is 5.02 Å². The molecule has 1 heterocycles. The fourth-order valence-corrected chi connectivity index (χ4v) is 2.81. The predicted octanol–water partition coefficient (Wildman–Crippen LogP) is 3.38. The van der Waals surface area contributed by atoms with Gasteiger partial charge in [-0.05, 0) is 60.5 Å². The van der Waals surface area contributed by atoms with E-state index < -0.39 is 0 Å². The van der Waals surface area contributed by atoms with E-state index in [1.165, 1.54) is 10.6 Å². The van der Waals surface area contributed by atoms with Crippen LogP contribution in [0.5, 0.6) is 0 Å². The summed E-state index contributed by atoms with van der Waals surface area (Å²) in [6, 6.07) is 17.0. The van der Waals surface area contributed by atoms with Crippen LogP contribution >= 0.6 is 11.6 Å². The van der Waals surface area contributed by atoms with Gasteiger partial charge < -0.3 is 15.2 Å². The Labute approximate surface area is 173 Å². The lowest BCUT2D eigenvalue weighted by Crippen LogP contribution is -2.27. The van der Waals surface area contributed by atoms with Crippen molar-refractivity contribution in [2.45, 2.75) is 20.0 Å². The number of benzene rings is 2. The number of nitrogens with zero attached hydrogens (tertiary/aromatic N) is 1. The van der Waals surface area contributed by atoms with Gasteiger partial charge in [-0.25, -0.2) is 0 Å².